The number of hydrogen-bond donors (Lipinski definition) is 0. The number of rotatable bonds is 2. The molecule has 90 valence electrons. The Balaban J connectivity index is 2.21. The van der Waals surface area contributed by atoms with E-state index in [2.05, 4.69) is 27.5 Å². The van der Waals surface area contributed by atoms with Gasteiger partial charge in [-0.2, -0.15) is 0 Å². The zero-order valence-electron chi connectivity index (χ0n) is 9.55. The number of hydrogen-bond acceptors (Lipinski definition) is 4. The highest BCUT2D eigenvalue weighted by Gasteiger charge is 2.07. The molecule has 0 bridgehead atoms. The van der Waals surface area contributed by atoms with E-state index in [4.69, 9.17) is 11.6 Å². The van der Waals surface area contributed by atoms with Crippen LogP contribution in [0.5, 0.6) is 0 Å². The van der Waals surface area contributed by atoms with E-state index in [9.17, 15) is 0 Å². The smallest absolute Gasteiger partial charge is 0.189 e. The molecule has 3 rings (SSSR count). The first kappa shape index (κ1) is 12.0. The van der Waals surface area contributed by atoms with Gasteiger partial charge in [0.2, 0.25) is 0 Å². The van der Waals surface area contributed by atoms with Crippen molar-refractivity contribution in [2.45, 2.75) is 5.16 Å². The number of fused-ring (bicyclic) bond motifs is 1. The van der Waals surface area contributed by atoms with Gasteiger partial charge in [0, 0.05) is 10.3 Å². The topological polar surface area (TPSA) is 25.8 Å². The molecule has 1 aromatic carbocycles. The quantitative estimate of drug-likeness (QED) is 0.388. The molecule has 0 atom stereocenters. The maximum atomic E-state index is 6.21. The monoisotopic (exact) mass is 292 g/mol. The molecule has 2 heterocycles. The van der Waals surface area contributed by atoms with E-state index in [1.54, 1.807) is 11.3 Å². The fraction of sp³-hybridized carbons (Fsp3) is 0.0769. The lowest BCUT2D eigenvalue weighted by molar-refractivity contribution is 1.01. The van der Waals surface area contributed by atoms with Crippen LogP contribution in [0.1, 0.15) is 0 Å². The molecule has 2 aromatic heterocycles. The molecule has 18 heavy (non-hydrogen) atoms. The van der Waals surface area contributed by atoms with Crippen molar-refractivity contribution in [2.75, 3.05) is 6.26 Å². The molecule has 0 unspecified atom stereocenters. The summed E-state index contributed by atoms with van der Waals surface area (Å²) in [6, 6.07) is 10.3. The highest BCUT2D eigenvalue weighted by Crippen LogP contribution is 2.30. The Hall–Kier alpha value is -1.10. The predicted octanol–water partition coefficient (Wildman–Crippen LogP) is 4.73. The summed E-state index contributed by atoms with van der Waals surface area (Å²) in [6.45, 7) is 0. The molecule has 0 spiro atoms. The minimum atomic E-state index is 0.516. The average molecular weight is 293 g/mol. The van der Waals surface area contributed by atoms with Crippen LogP contribution in [0.15, 0.2) is 40.9 Å². The summed E-state index contributed by atoms with van der Waals surface area (Å²) in [5.74, 6) is 0. The summed E-state index contributed by atoms with van der Waals surface area (Å²) in [7, 11) is 0. The van der Waals surface area contributed by atoms with E-state index < -0.39 is 0 Å². The molecule has 0 saturated carbocycles. The molecule has 0 aliphatic carbocycles. The Morgan fingerprint density at radius 1 is 1.22 bits per heavy atom. The third kappa shape index (κ3) is 2.11. The van der Waals surface area contributed by atoms with Crippen molar-refractivity contribution in [3.63, 3.8) is 0 Å². The standard InChI is InChI=1S/C13H9ClN2S2/c1-17-13-15-10-5-4-8(11-3-2-6-18-11)7-9(10)12(14)16-13/h2-7H,1H3. The van der Waals surface area contributed by atoms with Crippen LogP contribution in [-0.2, 0) is 0 Å². The van der Waals surface area contributed by atoms with Gasteiger partial charge in [0.1, 0.15) is 5.15 Å². The fourth-order valence-electron chi connectivity index (χ4n) is 1.76. The van der Waals surface area contributed by atoms with Crippen LogP contribution in [0, 0.1) is 0 Å². The summed E-state index contributed by atoms with van der Waals surface area (Å²) >= 11 is 9.42. The second-order valence-electron chi connectivity index (χ2n) is 3.71. The van der Waals surface area contributed by atoms with Gasteiger partial charge in [-0.25, -0.2) is 9.97 Å². The second kappa shape index (κ2) is 4.88. The van der Waals surface area contributed by atoms with E-state index in [1.165, 1.54) is 16.6 Å². The summed E-state index contributed by atoms with van der Waals surface area (Å²) < 4.78 is 0. The predicted molar refractivity (Wildman–Crippen MR) is 79.6 cm³/mol. The Morgan fingerprint density at radius 2 is 2.11 bits per heavy atom. The minimum Gasteiger partial charge on any atom is -0.222 e. The number of aromatic nitrogens is 2. The molecule has 0 N–H and O–H groups in total. The number of thioether (sulfide) groups is 1. The van der Waals surface area contributed by atoms with Crippen LogP contribution in [0.25, 0.3) is 21.3 Å². The lowest BCUT2D eigenvalue weighted by Crippen LogP contribution is -1.89. The van der Waals surface area contributed by atoms with Crippen molar-refractivity contribution in [1.29, 1.82) is 0 Å². The first-order valence-electron chi connectivity index (χ1n) is 5.33. The van der Waals surface area contributed by atoms with Gasteiger partial charge >= 0.3 is 0 Å². The third-order valence-corrected chi connectivity index (χ3v) is 4.37. The van der Waals surface area contributed by atoms with Crippen LogP contribution in [0.3, 0.4) is 0 Å². The Kier molecular flexibility index (Phi) is 3.24. The van der Waals surface area contributed by atoms with Crippen molar-refractivity contribution in [2.24, 2.45) is 0 Å². The first-order chi connectivity index (χ1) is 8.78. The third-order valence-electron chi connectivity index (χ3n) is 2.62. The highest BCUT2D eigenvalue weighted by atomic mass is 35.5. The lowest BCUT2D eigenvalue weighted by atomic mass is 10.1. The van der Waals surface area contributed by atoms with Gasteiger partial charge in [-0.05, 0) is 35.4 Å². The summed E-state index contributed by atoms with van der Waals surface area (Å²) in [5.41, 5.74) is 2.04. The highest BCUT2D eigenvalue weighted by molar-refractivity contribution is 7.98. The maximum Gasteiger partial charge on any atom is 0.189 e. The molecule has 0 amide bonds. The molecule has 0 radical (unpaired) electrons. The van der Waals surface area contributed by atoms with Crippen LogP contribution >= 0.6 is 34.7 Å². The fourth-order valence-corrected chi connectivity index (χ4v) is 3.14. The van der Waals surface area contributed by atoms with Crippen LogP contribution in [-0.4, -0.2) is 16.2 Å². The van der Waals surface area contributed by atoms with E-state index in [-0.39, 0.29) is 0 Å². The molecule has 0 aliphatic heterocycles. The number of benzene rings is 1. The van der Waals surface area contributed by atoms with Crippen molar-refractivity contribution in [1.82, 2.24) is 9.97 Å². The van der Waals surface area contributed by atoms with E-state index in [0.29, 0.717) is 10.3 Å². The van der Waals surface area contributed by atoms with Crippen molar-refractivity contribution >= 4 is 45.6 Å². The largest absolute Gasteiger partial charge is 0.222 e. The average Bonchev–Trinajstić information content (AvgIpc) is 2.92. The van der Waals surface area contributed by atoms with Gasteiger partial charge in [0.25, 0.3) is 0 Å². The van der Waals surface area contributed by atoms with E-state index >= 15 is 0 Å². The van der Waals surface area contributed by atoms with Gasteiger partial charge in [-0.15, -0.1) is 11.3 Å². The van der Waals surface area contributed by atoms with E-state index in [1.807, 2.05) is 24.5 Å². The molecular weight excluding hydrogens is 284 g/mol. The molecule has 0 fully saturated rings. The van der Waals surface area contributed by atoms with E-state index in [0.717, 1.165) is 16.5 Å². The van der Waals surface area contributed by atoms with Crippen molar-refractivity contribution in [3.8, 4) is 10.4 Å². The summed E-state index contributed by atoms with van der Waals surface area (Å²) in [4.78, 5) is 9.93. The molecule has 0 saturated heterocycles. The van der Waals surface area contributed by atoms with Gasteiger partial charge in [0.15, 0.2) is 5.16 Å². The molecule has 5 heteroatoms. The zero-order chi connectivity index (χ0) is 12.5. The second-order valence-corrected chi connectivity index (χ2v) is 5.79. The number of nitrogens with zero attached hydrogens (tertiary/aromatic N) is 2. The molecule has 3 aromatic rings. The van der Waals surface area contributed by atoms with Gasteiger partial charge in [-0.3, -0.25) is 0 Å². The first-order valence-corrected chi connectivity index (χ1v) is 7.81. The Morgan fingerprint density at radius 3 is 2.83 bits per heavy atom. The summed E-state index contributed by atoms with van der Waals surface area (Å²) in [5, 5.41) is 4.19. The molecular formula is C13H9ClN2S2. The zero-order valence-corrected chi connectivity index (χ0v) is 11.9. The number of halogens is 1. The lowest BCUT2D eigenvalue weighted by Gasteiger charge is -2.04. The Bertz CT molecular complexity index is 696. The molecule has 0 aliphatic rings. The SMILES string of the molecule is CSc1nc(Cl)c2cc(-c3cccs3)ccc2n1. The van der Waals surface area contributed by atoms with Crippen molar-refractivity contribution in [3.05, 3.63) is 40.9 Å². The maximum absolute atomic E-state index is 6.21. The minimum absolute atomic E-state index is 0.516. The number of thiophene rings is 1. The van der Waals surface area contributed by atoms with Crippen molar-refractivity contribution < 1.29 is 0 Å². The Labute approximate surface area is 118 Å². The van der Waals surface area contributed by atoms with Crippen LogP contribution in [0.4, 0.5) is 0 Å². The van der Waals surface area contributed by atoms with Gasteiger partial charge in [-0.1, -0.05) is 35.5 Å². The van der Waals surface area contributed by atoms with Crippen LogP contribution < -0.4 is 0 Å². The van der Waals surface area contributed by atoms with Crippen LogP contribution in [0.2, 0.25) is 5.15 Å². The van der Waals surface area contributed by atoms with Gasteiger partial charge in [0.05, 0.1) is 5.52 Å². The molecule has 2 nitrogen and oxygen atoms in total. The van der Waals surface area contributed by atoms with Gasteiger partial charge < -0.3 is 0 Å². The normalized spacial score (nSPS) is 11.0. The summed E-state index contributed by atoms with van der Waals surface area (Å²) in [6.07, 6.45) is 1.94.